The number of piperazine rings is 1. The van der Waals surface area contributed by atoms with Gasteiger partial charge in [0.05, 0.1) is 12.5 Å². The molecule has 3 heterocycles. The number of nitrogens with one attached hydrogen (secondary N) is 1. The third-order valence-corrected chi connectivity index (χ3v) is 6.43. The first kappa shape index (κ1) is 20.6. The largest absolute Gasteiger partial charge is 0.355 e. The van der Waals surface area contributed by atoms with Gasteiger partial charge in [0, 0.05) is 58.4 Å². The van der Waals surface area contributed by atoms with Crippen LogP contribution in [0.3, 0.4) is 0 Å². The highest BCUT2D eigenvalue weighted by atomic mass is 16.2. The van der Waals surface area contributed by atoms with Crippen LogP contribution in [0.4, 0.5) is 0 Å². The molecule has 0 aliphatic carbocycles. The molecule has 0 bridgehead atoms. The Morgan fingerprint density at radius 2 is 1.67 bits per heavy atom. The monoisotopic (exact) mass is 379 g/mol. The van der Waals surface area contributed by atoms with Gasteiger partial charge >= 0.3 is 0 Å². The standard InChI is InChI=1S/C20H37N5O2/c1-3-21-19(26)16-23-9-6-18(7-10-23)25-8-4-5-17(15-25)20(27)24-13-11-22(2)12-14-24/h17-18H,3-16H2,1-2H3,(H,21,26)/t17-/m0/s1. The van der Waals surface area contributed by atoms with E-state index in [1.54, 1.807) is 0 Å². The number of hydrogen-bond acceptors (Lipinski definition) is 5. The van der Waals surface area contributed by atoms with Crippen LogP contribution in [0.15, 0.2) is 0 Å². The van der Waals surface area contributed by atoms with E-state index in [4.69, 9.17) is 0 Å². The van der Waals surface area contributed by atoms with E-state index in [0.29, 0.717) is 25.0 Å². The summed E-state index contributed by atoms with van der Waals surface area (Å²) in [4.78, 5) is 33.9. The van der Waals surface area contributed by atoms with Gasteiger partial charge in [-0.05, 0) is 46.2 Å². The lowest BCUT2D eigenvalue weighted by Gasteiger charge is -2.43. The van der Waals surface area contributed by atoms with Gasteiger partial charge in [-0.1, -0.05) is 0 Å². The number of amides is 2. The Morgan fingerprint density at radius 3 is 2.33 bits per heavy atom. The topological polar surface area (TPSA) is 59.1 Å². The maximum absolute atomic E-state index is 13.0. The number of carbonyl (C=O) groups excluding carboxylic acids is 2. The van der Waals surface area contributed by atoms with E-state index >= 15 is 0 Å². The van der Waals surface area contributed by atoms with Crippen molar-refractivity contribution in [2.45, 2.75) is 38.6 Å². The van der Waals surface area contributed by atoms with Crippen molar-refractivity contribution in [1.29, 1.82) is 0 Å². The lowest BCUT2D eigenvalue weighted by Crippen LogP contribution is -2.54. The van der Waals surface area contributed by atoms with Crippen LogP contribution in [-0.2, 0) is 9.59 Å². The van der Waals surface area contributed by atoms with Crippen molar-refractivity contribution in [3.05, 3.63) is 0 Å². The molecule has 7 nitrogen and oxygen atoms in total. The van der Waals surface area contributed by atoms with E-state index in [1.165, 1.54) is 0 Å². The Morgan fingerprint density at radius 1 is 0.963 bits per heavy atom. The van der Waals surface area contributed by atoms with Crippen molar-refractivity contribution in [3.8, 4) is 0 Å². The Labute approximate surface area is 164 Å². The lowest BCUT2D eigenvalue weighted by atomic mass is 9.92. The van der Waals surface area contributed by atoms with E-state index in [0.717, 1.165) is 78.0 Å². The maximum Gasteiger partial charge on any atom is 0.234 e. The zero-order valence-corrected chi connectivity index (χ0v) is 17.2. The van der Waals surface area contributed by atoms with Crippen molar-refractivity contribution in [2.24, 2.45) is 5.92 Å². The molecule has 3 aliphatic rings. The Kier molecular flexibility index (Phi) is 7.49. The van der Waals surface area contributed by atoms with Crippen LogP contribution in [0.5, 0.6) is 0 Å². The fourth-order valence-electron chi connectivity index (χ4n) is 4.72. The molecular formula is C20H37N5O2. The average molecular weight is 380 g/mol. The van der Waals surface area contributed by atoms with Gasteiger partial charge in [-0.25, -0.2) is 0 Å². The summed E-state index contributed by atoms with van der Waals surface area (Å²) in [5.41, 5.74) is 0. The molecule has 1 N–H and O–H groups in total. The molecule has 27 heavy (non-hydrogen) atoms. The average Bonchev–Trinajstić information content (AvgIpc) is 2.69. The van der Waals surface area contributed by atoms with Gasteiger partial charge < -0.3 is 15.1 Å². The lowest BCUT2D eigenvalue weighted by molar-refractivity contribution is -0.139. The van der Waals surface area contributed by atoms with Crippen LogP contribution in [0, 0.1) is 5.92 Å². The highest BCUT2D eigenvalue weighted by Crippen LogP contribution is 2.25. The minimum absolute atomic E-state index is 0.131. The smallest absolute Gasteiger partial charge is 0.234 e. The molecule has 3 aliphatic heterocycles. The van der Waals surface area contributed by atoms with Gasteiger partial charge in [-0.2, -0.15) is 0 Å². The predicted molar refractivity (Wildman–Crippen MR) is 107 cm³/mol. The molecule has 7 heteroatoms. The first-order chi connectivity index (χ1) is 13.1. The van der Waals surface area contributed by atoms with E-state index in [-0.39, 0.29) is 11.8 Å². The molecule has 0 unspecified atom stereocenters. The fraction of sp³-hybridized carbons (Fsp3) is 0.900. The number of nitrogens with zero attached hydrogens (tertiary/aromatic N) is 4. The summed E-state index contributed by atoms with van der Waals surface area (Å²) in [6.45, 7) is 10.9. The van der Waals surface area contributed by atoms with Crippen LogP contribution in [0.25, 0.3) is 0 Å². The first-order valence-electron chi connectivity index (χ1n) is 10.8. The van der Waals surface area contributed by atoms with Gasteiger partial charge in [0.1, 0.15) is 0 Å². The van der Waals surface area contributed by atoms with E-state index in [1.807, 2.05) is 6.92 Å². The second-order valence-electron chi connectivity index (χ2n) is 8.42. The predicted octanol–water partition coefficient (Wildman–Crippen LogP) is 0.0729. The summed E-state index contributed by atoms with van der Waals surface area (Å²) in [5, 5.41) is 2.88. The Hall–Kier alpha value is -1.18. The number of likely N-dealkylation sites (N-methyl/N-ethyl adjacent to an activating group) is 2. The van der Waals surface area contributed by atoms with Crippen LogP contribution in [-0.4, -0.2) is 110 Å². The summed E-state index contributed by atoms with van der Waals surface area (Å²) >= 11 is 0. The van der Waals surface area contributed by atoms with Gasteiger partial charge in [-0.15, -0.1) is 0 Å². The summed E-state index contributed by atoms with van der Waals surface area (Å²) in [7, 11) is 2.13. The molecule has 3 fully saturated rings. The molecule has 2 amide bonds. The third-order valence-electron chi connectivity index (χ3n) is 6.43. The minimum Gasteiger partial charge on any atom is -0.355 e. The number of likely N-dealkylation sites (tertiary alicyclic amines) is 2. The Balaban J connectivity index is 1.44. The summed E-state index contributed by atoms with van der Waals surface area (Å²) in [5.74, 6) is 0.684. The maximum atomic E-state index is 13.0. The number of carbonyl (C=O) groups is 2. The molecule has 0 aromatic carbocycles. The third kappa shape index (κ3) is 5.65. The van der Waals surface area contributed by atoms with Crippen LogP contribution in [0.2, 0.25) is 0 Å². The van der Waals surface area contributed by atoms with Gasteiger partial charge in [0.25, 0.3) is 0 Å². The molecule has 0 aromatic heterocycles. The van der Waals surface area contributed by atoms with Crippen molar-refractivity contribution in [1.82, 2.24) is 24.9 Å². The first-order valence-corrected chi connectivity index (χ1v) is 10.8. The SMILES string of the molecule is CCNC(=O)CN1CCC(N2CCC[C@H](C(=O)N3CCN(C)CC3)C2)CC1. The number of piperidine rings is 2. The zero-order chi connectivity index (χ0) is 19.2. The van der Waals surface area contributed by atoms with Gasteiger partial charge in [0.15, 0.2) is 0 Å². The van der Waals surface area contributed by atoms with Crippen LogP contribution in [0.1, 0.15) is 32.6 Å². The summed E-state index contributed by atoms with van der Waals surface area (Å²) < 4.78 is 0. The van der Waals surface area contributed by atoms with E-state index in [2.05, 4.69) is 32.0 Å². The number of hydrogen-bond donors (Lipinski definition) is 1. The van der Waals surface area contributed by atoms with E-state index in [9.17, 15) is 9.59 Å². The second-order valence-corrected chi connectivity index (χ2v) is 8.42. The quantitative estimate of drug-likeness (QED) is 0.733. The molecular weight excluding hydrogens is 342 g/mol. The normalized spacial score (nSPS) is 26.9. The number of rotatable bonds is 5. The molecule has 3 rings (SSSR count). The van der Waals surface area contributed by atoms with Crippen molar-refractivity contribution in [3.63, 3.8) is 0 Å². The molecule has 1 atom stereocenters. The van der Waals surface area contributed by atoms with Crippen molar-refractivity contribution in [2.75, 3.05) is 72.5 Å². The minimum atomic E-state index is 0.131. The van der Waals surface area contributed by atoms with Crippen LogP contribution < -0.4 is 5.32 Å². The van der Waals surface area contributed by atoms with Crippen molar-refractivity contribution >= 4 is 11.8 Å². The van der Waals surface area contributed by atoms with E-state index < -0.39 is 0 Å². The summed E-state index contributed by atoms with van der Waals surface area (Å²) in [6.07, 6.45) is 4.38. The molecule has 154 valence electrons. The highest BCUT2D eigenvalue weighted by Gasteiger charge is 2.34. The molecule has 3 saturated heterocycles. The molecule has 0 radical (unpaired) electrons. The fourth-order valence-corrected chi connectivity index (χ4v) is 4.72. The zero-order valence-electron chi connectivity index (χ0n) is 17.2. The second kappa shape index (κ2) is 9.85. The highest BCUT2D eigenvalue weighted by molar-refractivity contribution is 5.79. The Bertz CT molecular complexity index is 499. The summed E-state index contributed by atoms with van der Waals surface area (Å²) in [6, 6.07) is 0.568. The molecule has 0 saturated carbocycles. The van der Waals surface area contributed by atoms with Gasteiger partial charge in [-0.3, -0.25) is 19.4 Å². The van der Waals surface area contributed by atoms with Crippen LogP contribution >= 0.6 is 0 Å². The van der Waals surface area contributed by atoms with Gasteiger partial charge in [0.2, 0.25) is 11.8 Å². The van der Waals surface area contributed by atoms with Crippen molar-refractivity contribution < 1.29 is 9.59 Å². The molecule has 0 aromatic rings. The molecule has 0 spiro atoms.